The molecule has 1 aromatic carbocycles. The van der Waals surface area contributed by atoms with Gasteiger partial charge in [0, 0.05) is 13.1 Å². The molecule has 0 bridgehead atoms. The van der Waals surface area contributed by atoms with Crippen molar-refractivity contribution in [2.75, 3.05) is 19.6 Å². The highest BCUT2D eigenvalue weighted by Crippen LogP contribution is 2.23. The van der Waals surface area contributed by atoms with Crippen LogP contribution in [0.3, 0.4) is 0 Å². The lowest BCUT2D eigenvalue weighted by molar-refractivity contribution is 0.0952. The lowest BCUT2D eigenvalue weighted by atomic mass is 10.0. The van der Waals surface area contributed by atoms with E-state index in [1.54, 1.807) is 6.20 Å². The van der Waals surface area contributed by atoms with Crippen LogP contribution >= 0.6 is 12.4 Å². The summed E-state index contributed by atoms with van der Waals surface area (Å²) in [5, 5.41) is 10.6. The van der Waals surface area contributed by atoms with Gasteiger partial charge in [-0.05, 0) is 31.5 Å². The summed E-state index contributed by atoms with van der Waals surface area (Å²) in [5.41, 5.74) is 3.77. The number of nitrogens with one attached hydrogen (secondary N) is 2. The van der Waals surface area contributed by atoms with E-state index in [0.29, 0.717) is 12.1 Å². The maximum Gasteiger partial charge on any atom is 0.254 e. The topological polar surface area (TPSA) is 58.9 Å². The number of halogens is 1. The van der Waals surface area contributed by atoms with E-state index in [0.717, 1.165) is 24.5 Å². The van der Waals surface area contributed by atoms with Crippen LogP contribution in [0.5, 0.6) is 0 Å². The summed E-state index contributed by atoms with van der Waals surface area (Å²) in [6.45, 7) is 10.5. The number of carbonyl (C=O) groups is 1. The first kappa shape index (κ1) is 20.2. The van der Waals surface area contributed by atoms with Crippen LogP contribution in [0.2, 0.25) is 0 Å². The molecule has 0 aliphatic rings. The molecule has 2 N–H and O–H groups in total. The average molecular weight is 351 g/mol. The maximum atomic E-state index is 12.4. The summed E-state index contributed by atoms with van der Waals surface area (Å²) >= 11 is 0. The van der Waals surface area contributed by atoms with Gasteiger partial charge in [0.1, 0.15) is 0 Å². The molecule has 132 valence electrons. The smallest absolute Gasteiger partial charge is 0.254 e. The summed E-state index contributed by atoms with van der Waals surface area (Å²) in [5.74, 6) is 0.137. The second kappa shape index (κ2) is 9.45. The fraction of sp³-hybridized carbons (Fsp3) is 0.444. The predicted molar refractivity (Wildman–Crippen MR) is 101 cm³/mol. The lowest BCUT2D eigenvalue weighted by Gasteiger charge is -2.13. The minimum absolute atomic E-state index is 0. The molecule has 24 heavy (non-hydrogen) atoms. The standard InChI is InChI=1S/C18H26N4O.ClH/c1-5-19-10-11-20-18(23)16-12-21-22(17(16)13(2)3)15-8-6-14(4)7-9-15;/h6-9,12-13,19H,5,10-11H2,1-4H3,(H,20,23);1H. The van der Waals surface area contributed by atoms with Gasteiger partial charge in [0.25, 0.3) is 5.91 Å². The highest BCUT2D eigenvalue weighted by Gasteiger charge is 2.20. The third-order valence-corrected chi connectivity index (χ3v) is 3.71. The van der Waals surface area contributed by atoms with Crippen molar-refractivity contribution in [3.8, 4) is 5.69 Å². The van der Waals surface area contributed by atoms with E-state index in [-0.39, 0.29) is 24.2 Å². The summed E-state index contributed by atoms with van der Waals surface area (Å²) in [4.78, 5) is 12.4. The summed E-state index contributed by atoms with van der Waals surface area (Å²) in [7, 11) is 0. The van der Waals surface area contributed by atoms with Crippen LogP contribution < -0.4 is 10.6 Å². The molecule has 5 nitrogen and oxygen atoms in total. The van der Waals surface area contributed by atoms with E-state index in [1.165, 1.54) is 5.56 Å². The minimum atomic E-state index is -0.0648. The predicted octanol–water partition coefficient (Wildman–Crippen LogP) is 3.07. The lowest BCUT2D eigenvalue weighted by Crippen LogP contribution is -2.32. The van der Waals surface area contributed by atoms with Gasteiger partial charge in [-0.25, -0.2) is 4.68 Å². The van der Waals surface area contributed by atoms with Crippen LogP contribution in [0, 0.1) is 6.92 Å². The zero-order valence-electron chi connectivity index (χ0n) is 14.8. The van der Waals surface area contributed by atoms with Crippen LogP contribution in [-0.4, -0.2) is 35.3 Å². The van der Waals surface area contributed by atoms with Crippen molar-refractivity contribution in [3.63, 3.8) is 0 Å². The second-order valence-corrected chi connectivity index (χ2v) is 5.95. The highest BCUT2D eigenvalue weighted by atomic mass is 35.5. The first-order valence-electron chi connectivity index (χ1n) is 8.18. The Hall–Kier alpha value is -1.85. The molecule has 1 heterocycles. The zero-order chi connectivity index (χ0) is 16.8. The summed E-state index contributed by atoms with van der Waals surface area (Å²) in [6, 6.07) is 8.16. The first-order chi connectivity index (χ1) is 11.0. The molecular formula is C18H27ClN4O. The van der Waals surface area contributed by atoms with E-state index in [4.69, 9.17) is 0 Å². The van der Waals surface area contributed by atoms with Gasteiger partial charge < -0.3 is 10.6 Å². The van der Waals surface area contributed by atoms with E-state index >= 15 is 0 Å². The van der Waals surface area contributed by atoms with Gasteiger partial charge in [-0.15, -0.1) is 12.4 Å². The Kier molecular flexibility index (Phi) is 7.95. The molecule has 0 unspecified atom stereocenters. The van der Waals surface area contributed by atoms with Gasteiger partial charge in [-0.2, -0.15) is 5.10 Å². The molecule has 2 aromatic rings. The van der Waals surface area contributed by atoms with Crippen LogP contribution in [0.15, 0.2) is 30.5 Å². The Morgan fingerprint density at radius 1 is 1.21 bits per heavy atom. The zero-order valence-corrected chi connectivity index (χ0v) is 15.6. The number of hydrogen-bond acceptors (Lipinski definition) is 3. The van der Waals surface area contributed by atoms with Crippen molar-refractivity contribution in [1.82, 2.24) is 20.4 Å². The molecule has 1 amide bonds. The molecule has 1 aromatic heterocycles. The number of aryl methyl sites for hydroxylation is 1. The van der Waals surface area contributed by atoms with E-state index < -0.39 is 0 Å². The van der Waals surface area contributed by atoms with Crippen molar-refractivity contribution < 1.29 is 4.79 Å². The van der Waals surface area contributed by atoms with Gasteiger partial charge in [0.05, 0.1) is 23.1 Å². The third kappa shape index (κ3) is 4.82. The van der Waals surface area contributed by atoms with Crippen molar-refractivity contribution in [2.45, 2.75) is 33.6 Å². The Balaban J connectivity index is 0.00000288. The fourth-order valence-electron chi connectivity index (χ4n) is 2.52. The van der Waals surface area contributed by atoms with Crippen LogP contribution in [-0.2, 0) is 0 Å². The van der Waals surface area contributed by atoms with E-state index in [2.05, 4.69) is 48.6 Å². The Labute approximate surface area is 150 Å². The van der Waals surface area contributed by atoms with Crippen LogP contribution in [0.25, 0.3) is 5.69 Å². The quantitative estimate of drug-likeness (QED) is 0.754. The van der Waals surface area contributed by atoms with Crippen molar-refractivity contribution >= 4 is 18.3 Å². The molecule has 0 radical (unpaired) electrons. The van der Waals surface area contributed by atoms with Gasteiger partial charge >= 0.3 is 0 Å². The van der Waals surface area contributed by atoms with Crippen molar-refractivity contribution in [3.05, 3.63) is 47.3 Å². The average Bonchev–Trinajstić information content (AvgIpc) is 2.97. The second-order valence-electron chi connectivity index (χ2n) is 5.95. The molecule has 0 fully saturated rings. The molecule has 0 saturated heterocycles. The van der Waals surface area contributed by atoms with E-state index in [9.17, 15) is 4.79 Å². The third-order valence-electron chi connectivity index (χ3n) is 3.71. The largest absolute Gasteiger partial charge is 0.351 e. The van der Waals surface area contributed by atoms with Crippen LogP contribution in [0.4, 0.5) is 0 Å². The molecule has 0 aliphatic carbocycles. The van der Waals surface area contributed by atoms with Gasteiger partial charge in [0.15, 0.2) is 0 Å². The van der Waals surface area contributed by atoms with Gasteiger partial charge in [0.2, 0.25) is 0 Å². The van der Waals surface area contributed by atoms with Gasteiger partial charge in [-0.3, -0.25) is 4.79 Å². The number of nitrogens with zero attached hydrogens (tertiary/aromatic N) is 2. The Morgan fingerprint density at radius 2 is 1.88 bits per heavy atom. The number of hydrogen-bond donors (Lipinski definition) is 2. The molecule has 0 atom stereocenters. The molecule has 2 rings (SSSR count). The number of likely N-dealkylation sites (N-methyl/N-ethyl adjacent to an activating group) is 1. The van der Waals surface area contributed by atoms with Crippen molar-refractivity contribution in [1.29, 1.82) is 0 Å². The maximum absolute atomic E-state index is 12.4. The normalized spacial score (nSPS) is 10.5. The molecule has 6 heteroatoms. The Morgan fingerprint density at radius 3 is 2.46 bits per heavy atom. The number of amides is 1. The Bertz CT molecular complexity index is 650. The van der Waals surface area contributed by atoms with Crippen LogP contribution in [0.1, 0.15) is 48.3 Å². The molecule has 0 spiro atoms. The monoisotopic (exact) mass is 350 g/mol. The molecular weight excluding hydrogens is 324 g/mol. The molecule has 0 saturated carbocycles. The fourth-order valence-corrected chi connectivity index (χ4v) is 2.52. The number of rotatable bonds is 7. The van der Waals surface area contributed by atoms with Gasteiger partial charge in [-0.1, -0.05) is 38.5 Å². The summed E-state index contributed by atoms with van der Waals surface area (Å²) in [6.07, 6.45) is 1.66. The minimum Gasteiger partial charge on any atom is -0.351 e. The number of benzene rings is 1. The number of aromatic nitrogens is 2. The molecule has 0 aliphatic heterocycles. The first-order valence-corrected chi connectivity index (χ1v) is 8.18. The number of carbonyl (C=O) groups excluding carboxylic acids is 1. The highest BCUT2D eigenvalue weighted by molar-refractivity contribution is 5.95. The SMILES string of the molecule is CCNCCNC(=O)c1cnn(-c2ccc(C)cc2)c1C(C)C.Cl. The van der Waals surface area contributed by atoms with E-state index in [1.807, 2.05) is 23.7 Å². The summed E-state index contributed by atoms with van der Waals surface area (Å²) < 4.78 is 1.86. The van der Waals surface area contributed by atoms with Crippen molar-refractivity contribution in [2.24, 2.45) is 0 Å².